The predicted octanol–water partition coefficient (Wildman–Crippen LogP) is 0.0104. The number of hydrogen-bond donors (Lipinski definition) is 1. The zero-order chi connectivity index (χ0) is 12.8. The normalized spacial score (nSPS) is 11.1. The molecule has 1 rings (SSSR count). The van der Waals surface area contributed by atoms with Crippen LogP contribution in [-0.4, -0.2) is 52.6 Å². The molecule has 1 aromatic rings. The minimum Gasteiger partial charge on any atom is -0.388 e. The van der Waals surface area contributed by atoms with E-state index < -0.39 is 0 Å². The van der Waals surface area contributed by atoms with Crippen LogP contribution in [0.4, 0.5) is 0 Å². The van der Waals surface area contributed by atoms with E-state index in [-0.39, 0.29) is 4.99 Å². The van der Waals surface area contributed by atoms with E-state index in [2.05, 4.69) is 15.2 Å². The zero-order valence-electron chi connectivity index (χ0n) is 10.5. The highest BCUT2D eigenvalue weighted by atomic mass is 32.1. The summed E-state index contributed by atoms with van der Waals surface area (Å²) in [6.07, 6.45) is 0.990. The average Bonchev–Trinajstić information content (AvgIpc) is 2.62. The van der Waals surface area contributed by atoms with E-state index in [1.807, 2.05) is 18.8 Å². The van der Waals surface area contributed by atoms with Gasteiger partial charge in [-0.1, -0.05) is 17.4 Å². The van der Waals surface area contributed by atoms with E-state index in [4.69, 9.17) is 22.7 Å². The molecule has 2 N–H and O–H groups in total. The predicted molar refractivity (Wildman–Crippen MR) is 69.8 cm³/mol. The van der Waals surface area contributed by atoms with E-state index in [1.165, 1.54) is 0 Å². The SMILES string of the molecule is COCc1c(C(N)=S)nnn1CCCN(C)C. The van der Waals surface area contributed by atoms with Gasteiger partial charge in [-0.05, 0) is 27.1 Å². The molecule has 1 aromatic heterocycles. The molecule has 0 aliphatic carbocycles. The monoisotopic (exact) mass is 257 g/mol. The van der Waals surface area contributed by atoms with Crippen LogP contribution in [0.5, 0.6) is 0 Å². The maximum Gasteiger partial charge on any atom is 0.145 e. The van der Waals surface area contributed by atoms with Gasteiger partial charge in [0.05, 0.1) is 12.3 Å². The number of hydrogen-bond acceptors (Lipinski definition) is 5. The van der Waals surface area contributed by atoms with Crippen molar-refractivity contribution in [2.24, 2.45) is 5.73 Å². The van der Waals surface area contributed by atoms with Gasteiger partial charge in [0.1, 0.15) is 10.7 Å². The number of nitrogens with two attached hydrogens (primary N) is 1. The molecule has 0 amide bonds. The van der Waals surface area contributed by atoms with Crippen LogP contribution in [0.3, 0.4) is 0 Å². The maximum atomic E-state index is 5.59. The van der Waals surface area contributed by atoms with Crippen molar-refractivity contribution < 1.29 is 4.74 Å². The molecule has 0 fully saturated rings. The Kier molecular flexibility index (Phi) is 5.46. The Hall–Kier alpha value is -1.05. The molecule has 0 unspecified atom stereocenters. The highest BCUT2D eigenvalue weighted by Crippen LogP contribution is 2.07. The topological polar surface area (TPSA) is 69.2 Å². The van der Waals surface area contributed by atoms with Gasteiger partial charge in [0, 0.05) is 13.7 Å². The second-order valence-corrected chi connectivity index (χ2v) is 4.50. The Morgan fingerprint density at radius 1 is 1.53 bits per heavy atom. The van der Waals surface area contributed by atoms with Crippen LogP contribution in [0, 0.1) is 0 Å². The largest absolute Gasteiger partial charge is 0.388 e. The van der Waals surface area contributed by atoms with Crippen LogP contribution in [0.15, 0.2) is 0 Å². The molecule has 0 atom stereocenters. The lowest BCUT2D eigenvalue weighted by atomic mass is 10.3. The fourth-order valence-electron chi connectivity index (χ4n) is 1.52. The van der Waals surface area contributed by atoms with Crippen molar-refractivity contribution in [2.45, 2.75) is 19.6 Å². The molecule has 0 spiro atoms. The van der Waals surface area contributed by atoms with Gasteiger partial charge < -0.3 is 15.4 Å². The van der Waals surface area contributed by atoms with Gasteiger partial charge in [-0.3, -0.25) is 0 Å². The number of methoxy groups -OCH3 is 1. The first-order chi connectivity index (χ1) is 8.06. The lowest BCUT2D eigenvalue weighted by Gasteiger charge is -2.10. The van der Waals surface area contributed by atoms with Gasteiger partial charge >= 0.3 is 0 Å². The van der Waals surface area contributed by atoms with Crippen molar-refractivity contribution in [3.05, 3.63) is 11.4 Å². The average molecular weight is 257 g/mol. The van der Waals surface area contributed by atoms with Crippen LogP contribution in [0.2, 0.25) is 0 Å². The molecule has 0 saturated carbocycles. The number of nitrogens with zero attached hydrogens (tertiary/aromatic N) is 4. The summed E-state index contributed by atoms with van der Waals surface area (Å²) in [4.78, 5) is 2.39. The van der Waals surface area contributed by atoms with E-state index in [0.29, 0.717) is 12.3 Å². The Labute approximate surface area is 107 Å². The van der Waals surface area contributed by atoms with Crippen LogP contribution >= 0.6 is 12.2 Å². The van der Waals surface area contributed by atoms with E-state index in [0.717, 1.165) is 25.2 Å². The molecule has 17 heavy (non-hydrogen) atoms. The van der Waals surface area contributed by atoms with E-state index >= 15 is 0 Å². The van der Waals surface area contributed by atoms with E-state index in [9.17, 15) is 0 Å². The molecule has 96 valence electrons. The molecule has 0 bridgehead atoms. The van der Waals surface area contributed by atoms with Gasteiger partial charge in [0.2, 0.25) is 0 Å². The van der Waals surface area contributed by atoms with Crippen LogP contribution in [0.25, 0.3) is 0 Å². The minimum atomic E-state index is 0.260. The van der Waals surface area contributed by atoms with Crippen molar-refractivity contribution in [2.75, 3.05) is 27.7 Å². The number of ether oxygens (including phenoxy) is 1. The van der Waals surface area contributed by atoms with Crippen molar-refractivity contribution in [3.8, 4) is 0 Å². The fourth-order valence-corrected chi connectivity index (χ4v) is 1.68. The molecule has 0 aliphatic rings. The third-order valence-corrected chi connectivity index (χ3v) is 2.52. The number of rotatable bonds is 7. The lowest BCUT2D eigenvalue weighted by Crippen LogP contribution is -2.18. The highest BCUT2D eigenvalue weighted by molar-refractivity contribution is 7.80. The summed E-state index contributed by atoms with van der Waals surface area (Å²) < 4.78 is 6.93. The van der Waals surface area contributed by atoms with Crippen LogP contribution in [0.1, 0.15) is 17.8 Å². The van der Waals surface area contributed by atoms with Gasteiger partial charge in [0.25, 0.3) is 0 Å². The Morgan fingerprint density at radius 3 is 2.76 bits per heavy atom. The van der Waals surface area contributed by atoms with Crippen molar-refractivity contribution >= 4 is 17.2 Å². The molecular formula is C10H19N5OS. The summed E-state index contributed by atoms with van der Waals surface area (Å²) in [5.74, 6) is 0. The van der Waals surface area contributed by atoms with Crippen LogP contribution < -0.4 is 5.73 Å². The molecule has 0 radical (unpaired) electrons. The third-order valence-electron chi connectivity index (χ3n) is 2.33. The zero-order valence-corrected chi connectivity index (χ0v) is 11.3. The molecule has 0 aliphatic heterocycles. The van der Waals surface area contributed by atoms with Gasteiger partial charge in [-0.25, -0.2) is 4.68 Å². The third kappa shape index (κ3) is 4.03. The molecule has 0 saturated heterocycles. The van der Waals surface area contributed by atoms with E-state index in [1.54, 1.807) is 7.11 Å². The molecule has 0 aromatic carbocycles. The first-order valence-electron chi connectivity index (χ1n) is 5.42. The Morgan fingerprint density at radius 2 is 2.24 bits per heavy atom. The molecular weight excluding hydrogens is 238 g/mol. The molecule has 6 nitrogen and oxygen atoms in total. The number of thiocarbonyl (C=S) groups is 1. The highest BCUT2D eigenvalue weighted by Gasteiger charge is 2.14. The first-order valence-corrected chi connectivity index (χ1v) is 5.83. The van der Waals surface area contributed by atoms with Gasteiger partial charge in [-0.2, -0.15) is 0 Å². The van der Waals surface area contributed by atoms with Crippen LogP contribution in [-0.2, 0) is 17.9 Å². The minimum absolute atomic E-state index is 0.260. The number of aromatic nitrogens is 3. The summed E-state index contributed by atoms with van der Waals surface area (Å²) >= 11 is 4.93. The summed E-state index contributed by atoms with van der Waals surface area (Å²) in [5.41, 5.74) is 6.99. The second kappa shape index (κ2) is 6.63. The smallest absolute Gasteiger partial charge is 0.145 e. The quantitative estimate of drug-likeness (QED) is 0.694. The standard InChI is InChI=1S/C10H19N5OS/c1-14(2)5-4-6-15-8(7-16-3)9(10(11)17)12-13-15/h4-7H2,1-3H3,(H2,11,17). The Balaban J connectivity index is 2.73. The first kappa shape index (κ1) is 14.0. The Bertz CT molecular complexity index is 377. The second-order valence-electron chi connectivity index (χ2n) is 4.06. The van der Waals surface area contributed by atoms with Gasteiger partial charge in [-0.15, -0.1) is 5.10 Å². The van der Waals surface area contributed by atoms with Gasteiger partial charge in [0.15, 0.2) is 0 Å². The summed E-state index contributed by atoms with van der Waals surface area (Å²) in [6, 6.07) is 0. The fraction of sp³-hybridized carbons (Fsp3) is 0.700. The molecule has 7 heteroatoms. The van der Waals surface area contributed by atoms with Crippen molar-refractivity contribution in [1.82, 2.24) is 19.9 Å². The number of aryl methyl sites for hydroxylation is 1. The van der Waals surface area contributed by atoms with Crippen molar-refractivity contribution in [3.63, 3.8) is 0 Å². The van der Waals surface area contributed by atoms with Crippen molar-refractivity contribution in [1.29, 1.82) is 0 Å². The summed E-state index contributed by atoms with van der Waals surface area (Å²) in [7, 11) is 5.70. The summed E-state index contributed by atoms with van der Waals surface area (Å²) in [5, 5.41) is 8.04. The molecule has 1 heterocycles. The summed E-state index contributed by atoms with van der Waals surface area (Å²) in [6.45, 7) is 2.20. The lowest BCUT2D eigenvalue weighted by molar-refractivity contribution is 0.176. The maximum absolute atomic E-state index is 5.59.